The molecule has 1 aliphatic rings. The van der Waals surface area contributed by atoms with Crippen LogP contribution in [0, 0.1) is 0 Å². The first-order valence-corrected chi connectivity index (χ1v) is 12.3. The van der Waals surface area contributed by atoms with Crippen molar-refractivity contribution in [3.8, 4) is 11.5 Å². The predicted molar refractivity (Wildman–Crippen MR) is 140 cm³/mol. The van der Waals surface area contributed by atoms with Gasteiger partial charge in [-0.1, -0.05) is 35.1 Å². The second-order valence-electron chi connectivity index (χ2n) is 8.01. The number of Topliss-reactive ketones (excluding diaryl/α,β-unsaturated/α-hetero) is 1. The molecule has 1 fully saturated rings. The molecule has 4 aromatic rings. The summed E-state index contributed by atoms with van der Waals surface area (Å²) in [6.07, 6.45) is 0. The van der Waals surface area contributed by atoms with Gasteiger partial charge in [-0.25, -0.2) is 4.98 Å². The number of aliphatic hydroxyl groups excluding tert-OH is 1. The maximum atomic E-state index is 13.4. The van der Waals surface area contributed by atoms with E-state index in [9.17, 15) is 14.7 Å². The van der Waals surface area contributed by atoms with Gasteiger partial charge in [0, 0.05) is 10.6 Å². The summed E-state index contributed by atoms with van der Waals surface area (Å²) in [5, 5.41) is 12.1. The number of carbonyl (C=O) groups excluding carboxylic acids is 2. The lowest BCUT2D eigenvalue weighted by Gasteiger charge is -2.23. The number of amides is 1. The second-order valence-corrected chi connectivity index (χ2v) is 9.45. The Morgan fingerprint density at radius 3 is 2.42 bits per heavy atom. The van der Waals surface area contributed by atoms with Crippen LogP contribution in [0.15, 0.2) is 72.3 Å². The normalized spacial score (nSPS) is 17.1. The maximum absolute atomic E-state index is 13.4. The summed E-state index contributed by atoms with van der Waals surface area (Å²) in [5.41, 5.74) is 1.65. The van der Waals surface area contributed by atoms with Crippen LogP contribution in [0.3, 0.4) is 0 Å². The molecule has 7 nitrogen and oxygen atoms in total. The van der Waals surface area contributed by atoms with Crippen molar-refractivity contribution in [3.05, 3.63) is 88.5 Å². The van der Waals surface area contributed by atoms with Gasteiger partial charge >= 0.3 is 5.91 Å². The SMILES string of the molecule is CCOc1ccc(C(O)=C2C(=O)C(=O)N(c3nc4ccc(OC)cc4s3)[C@H]2c2ccc(Cl)cc2)cc1. The third-order valence-corrected chi connectivity index (χ3v) is 7.13. The van der Waals surface area contributed by atoms with Crippen LogP contribution in [0.2, 0.25) is 5.02 Å². The van der Waals surface area contributed by atoms with E-state index >= 15 is 0 Å². The fourth-order valence-corrected chi connectivity index (χ4v) is 5.29. The number of halogens is 1. The molecule has 1 saturated heterocycles. The van der Waals surface area contributed by atoms with Crippen molar-refractivity contribution in [2.45, 2.75) is 13.0 Å². The molecule has 0 spiro atoms. The zero-order chi connectivity index (χ0) is 25.4. The van der Waals surface area contributed by atoms with Crippen LogP contribution >= 0.6 is 22.9 Å². The summed E-state index contributed by atoms with van der Waals surface area (Å²) in [6, 6.07) is 18.0. The van der Waals surface area contributed by atoms with Gasteiger partial charge in [-0.2, -0.15) is 0 Å². The molecular weight excluding hydrogens is 500 g/mol. The average Bonchev–Trinajstić information content (AvgIpc) is 3.42. The van der Waals surface area contributed by atoms with E-state index in [1.165, 1.54) is 16.2 Å². The molecule has 0 bridgehead atoms. The largest absolute Gasteiger partial charge is 0.507 e. The van der Waals surface area contributed by atoms with E-state index in [2.05, 4.69) is 4.98 Å². The Labute approximate surface area is 216 Å². The maximum Gasteiger partial charge on any atom is 0.301 e. The standard InChI is InChI=1S/C27H21ClN2O5S/c1-3-35-18-10-6-16(7-11-18)24(31)22-23(15-4-8-17(28)9-5-15)30(26(33)25(22)32)27-29-20-13-12-19(34-2)14-21(20)36-27/h4-14,23,31H,3H2,1-2H3/t23-/m0/s1. The van der Waals surface area contributed by atoms with Crippen molar-refractivity contribution in [1.29, 1.82) is 0 Å². The van der Waals surface area contributed by atoms with E-state index < -0.39 is 17.7 Å². The Hall–Kier alpha value is -3.88. The van der Waals surface area contributed by atoms with Crippen LogP contribution in [0.1, 0.15) is 24.1 Å². The van der Waals surface area contributed by atoms with Gasteiger partial charge in [0.05, 0.1) is 35.5 Å². The van der Waals surface area contributed by atoms with Gasteiger partial charge < -0.3 is 14.6 Å². The Balaban J connectivity index is 1.67. The summed E-state index contributed by atoms with van der Waals surface area (Å²) in [4.78, 5) is 32.7. The molecule has 0 saturated carbocycles. The van der Waals surface area contributed by atoms with Gasteiger partial charge in [0.15, 0.2) is 5.13 Å². The average molecular weight is 521 g/mol. The smallest absolute Gasteiger partial charge is 0.301 e. The minimum Gasteiger partial charge on any atom is -0.507 e. The summed E-state index contributed by atoms with van der Waals surface area (Å²) >= 11 is 7.37. The molecule has 1 aromatic heterocycles. The Kier molecular flexibility index (Phi) is 6.38. The van der Waals surface area contributed by atoms with Gasteiger partial charge in [-0.15, -0.1) is 0 Å². The highest BCUT2D eigenvalue weighted by atomic mass is 35.5. The van der Waals surface area contributed by atoms with Crippen molar-refractivity contribution >= 4 is 55.7 Å². The van der Waals surface area contributed by atoms with Crippen molar-refractivity contribution in [2.24, 2.45) is 0 Å². The molecule has 2 heterocycles. The molecule has 1 N–H and O–H groups in total. The van der Waals surface area contributed by atoms with E-state index in [-0.39, 0.29) is 11.3 Å². The van der Waals surface area contributed by atoms with E-state index in [4.69, 9.17) is 21.1 Å². The number of ketones is 1. The second kappa shape index (κ2) is 9.64. The van der Waals surface area contributed by atoms with Gasteiger partial charge in [0.25, 0.3) is 5.78 Å². The van der Waals surface area contributed by atoms with E-state index in [0.29, 0.717) is 44.9 Å². The van der Waals surface area contributed by atoms with Crippen molar-refractivity contribution in [3.63, 3.8) is 0 Å². The Morgan fingerprint density at radius 2 is 1.75 bits per heavy atom. The molecule has 9 heteroatoms. The molecule has 36 heavy (non-hydrogen) atoms. The molecule has 182 valence electrons. The first kappa shape index (κ1) is 23.8. The summed E-state index contributed by atoms with van der Waals surface area (Å²) in [7, 11) is 1.57. The molecular formula is C27H21ClN2O5S. The topological polar surface area (TPSA) is 89.0 Å². The Morgan fingerprint density at radius 1 is 1.06 bits per heavy atom. The van der Waals surface area contributed by atoms with Crippen LogP contribution in [-0.4, -0.2) is 35.5 Å². The Bertz CT molecular complexity index is 1500. The number of aromatic nitrogens is 1. The zero-order valence-electron chi connectivity index (χ0n) is 19.4. The molecule has 5 rings (SSSR count). The molecule has 1 amide bonds. The number of thiazole rings is 1. The van der Waals surface area contributed by atoms with Crippen molar-refractivity contribution in [2.75, 3.05) is 18.6 Å². The van der Waals surface area contributed by atoms with Gasteiger partial charge in [-0.05, 0) is 67.1 Å². The van der Waals surface area contributed by atoms with Crippen LogP contribution in [0.25, 0.3) is 16.0 Å². The molecule has 1 aliphatic heterocycles. The zero-order valence-corrected chi connectivity index (χ0v) is 21.0. The van der Waals surface area contributed by atoms with Crippen LogP contribution < -0.4 is 14.4 Å². The summed E-state index contributed by atoms with van der Waals surface area (Å²) < 4.78 is 11.6. The van der Waals surface area contributed by atoms with Gasteiger partial charge in [0.1, 0.15) is 17.3 Å². The number of benzene rings is 3. The number of rotatable bonds is 6. The molecule has 3 aromatic carbocycles. The number of ether oxygens (including phenoxy) is 2. The summed E-state index contributed by atoms with van der Waals surface area (Å²) in [6.45, 7) is 2.38. The first-order valence-electron chi connectivity index (χ1n) is 11.2. The lowest BCUT2D eigenvalue weighted by atomic mass is 9.95. The van der Waals surface area contributed by atoms with Crippen LogP contribution in [0.5, 0.6) is 11.5 Å². The fourth-order valence-electron chi connectivity index (χ4n) is 4.14. The third kappa shape index (κ3) is 4.19. The molecule has 1 atom stereocenters. The molecule has 0 aliphatic carbocycles. The molecule has 0 unspecified atom stereocenters. The van der Waals surface area contributed by atoms with Gasteiger partial charge in [-0.3, -0.25) is 14.5 Å². The van der Waals surface area contributed by atoms with Crippen molar-refractivity contribution < 1.29 is 24.2 Å². The minimum absolute atomic E-state index is 0.0247. The monoisotopic (exact) mass is 520 g/mol. The third-order valence-electron chi connectivity index (χ3n) is 5.86. The highest BCUT2D eigenvalue weighted by Gasteiger charge is 2.48. The highest BCUT2D eigenvalue weighted by molar-refractivity contribution is 7.22. The quantitative estimate of drug-likeness (QED) is 0.191. The summed E-state index contributed by atoms with van der Waals surface area (Å²) in [5.74, 6) is -0.550. The fraction of sp³-hybridized carbons (Fsp3) is 0.148. The number of anilines is 1. The number of hydrogen-bond acceptors (Lipinski definition) is 7. The first-order chi connectivity index (χ1) is 17.4. The number of carbonyl (C=O) groups is 2. The lowest BCUT2D eigenvalue weighted by molar-refractivity contribution is -0.132. The predicted octanol–water partition coefficient (Wildman–Crippen LogP) is 5.98. The number of methoxy groups -OCH3 is 1. The number of nitrogens with zero attached hydrogens (tertiary/aromatic N) is 2. The highest BCUT2D eigenvalue weighted by Crippen LogP contribution is 2.44. The minimum atomic E-state index is -0.892. The number of hydrogen-bond donors (Lipinski definition) is 1. The lowest BCUT2D eigenvalue weighted by Crippen LogP contribution is -2.29. The van der Waals surface area contributed by atoms with Crippen LogP contribution in [-0.2, 0) is 9.59 Å². The van der Waals surface area contributed by atoms with Crippen molar-refractivity contribution in [1.82, 2.24) is 4.98 Å². The van der Waals surface area contributed by atoms with E-state index in [1.54, 1.807) is 67.8 Å². The van der Waals surface area contributed by atoms with E-state index in [1.807, 2.05) is 13.0 Å². The molecule has 0 radical (unpaired) electrons. The van der Waals surface area contributed by atoms with Gasteiger partial charge in [0.2, 0.25) is 0 Å². The van der Waals surface area contributed by atoms with E-state index in [0.717, 1.165) is 4.70 Å². The van der Waals surface area contributed by atoms with Crippen LogP contribution in [0.4, 0.5) is 5.13 Å². The number of aliphatic hydroxyl groups is 1. The number of fused-ring (bicyclic) bond motifs is 1.